The van der Waals surface area contributed by atoms with E-state index in [0.29, 0.717) is 25.6 Å². The third-order valence-corrected chi connectivity index (χ3v) is 4.51. The topological polar surface area (TPSA) is 64.8 Å². The van der Waals surface area contributed by atoms with Crippen LogP contribution in [0.3, 0.4) is 0 Å². The number of hydrogen-bond donors (Lipinski definition) is 1. The molecule has 6 heteroatoms. The van der Waals surface area contributed by atoms with Crippen LogP contribution in [-0.4, -0.2) is 51.9 Å². The molecule has 0 aliphatic rings. The van der Waals surface area contributed by atoms with Gasteiger partial charge in [0.2, 0.25) is 0 Å². The lowest BCUT2D eigenvalue weighted by Gasteiger charge is -2.34. The highest BCUT2D eigenvalue weighted by molar-refractivity contribution is 6.48. The third kappa shape index (κ3) is 10.7. The van der Waals surface area contributed by atoms with Crippen molar-refractivity contribution >= 4 is 15.1 Å². The van der Waals surface area contributed by atoms with Gasteiger partial charge in [-0.25, -0.2) is 4.79 Å². The van der Waals surface area contributed by atoms with Crippen molar-refractivity contribution in [1.82, 2.24) is 4.90 Å². The summed E-state index contributed by atoms with van der Waals surface area (Å²) in [4.78, 5) is 14.0. The molecule has 0 radical (unpaired) electrons. The predicted molar refractivity (Wildman–Crippen MR) is 99.3 cm³/mol. The molecule has 23 heavy (non-hydrogen) atoms. The number of hydrogen-bond acceptors (Lipinski definition) is 4. The number of nitrogens with two attached hydrogens (primary N) is 1. The Morgan fingerprint density at radius 1 is 1.13 bits per heavy atom. The Bertz CT molecular complexity index is 349. The monoisotopic (exact) mass is 346 g/mol. The van der Waals surface area contributed by atoms with Crippen molar-refractivity contribution in [2.45, 2.75) is 66.7 Å². The summed E-state index contributed by atoms with van der Waals surface area (Å²) >= 11 is 0. The van der Waals surface area contributed by atoms with Crippen molar-refractivity contribution in [1.29, 1.82) is 0 Å². The molecular weight excluding hydrogens is 308 g/mol. The van der Waals surface area contributed by atoms with E-state index in [0.717, 1.165) is 13.0 Å². The zero-order valence-electron chi connectivity index (χ0n) is 16.4. The maximum atomic E-state index is 12.3. The van der Waals surface area contributed by atoms with Crippen LogP contribution in [0.25, 0.3) is 0 Å². The van der Waals surface area contributed by atoms with Crippen LogP contribution in [0.5, 0.6) is 0 Å². The first kappa shape index (κ1) is 22.4. The van der Waals surface area contributed by atoms with Crippen LogP contribution >= 0.6 is 0 Å². The van der Waals surface area contributed by atoms with Gasteiger partial charge in [-0.3, -0.25) is 0 Å². The first-order chi connectivity index (χ1) is 10.4. The van der Waals surface area contributed by atoms with Crippen molar-refractivity contribution < 1.29 is 14.0 Å². The highest BCUT2D eigenvalue weighted by atomic mass is 28.3. The third-order valence-electron chi connectivity index (χ3n) is 3.65. The van der Waals surface area contributed by atoms with E-state index in [1.165, 1.54) is 0 Å². The van der Waals surface area contributed by atoms with E-state index in [-0.39, 0.29) is 11.5 Å². The molecule has 0 aliphatic carbocycles. The molecule has 1 atom stereocenters. The fraction of sp³-hybridized carbons (Fsp3) is 0.941. The Balaban J connectivity index is 4.74. The van der Waals surface area contributed by atoms with E-state index in [2.05, 4.69) is 33.9 Å². The molecule has 0 rings (SSSR count). The summed E-state index contributed by atoms with van der Waals surface area (Å²) in [6.07, 6.45) is 0.610. The van der Waals surface area contributed by atoms with Gasteiger partial charge < -0.3 is 19.8 Å². The van der Waals surface area contributed by atoms with Gasteiger partial charge in [-0.15, -0.1) is 0 Å². The van der Waals surface area contributed by atoms with Crippen LogP contribution in [0, 0.1) is 11.3 Å². The Morgan fingerprint density at radius 2 is 1.70 bits per heavy atom. The van der Waals surface area contributed by atoms with Crippen LogP contribution in [0.4, 0.5) is 4.79 Å². The zero-order valence-corrected chi connectivity index (χ0v) is 17.6. The zero-order chi connectivity index (χ0) is 18.3. The first-order valence-corrected chi connectivity index (χ1v) is 11.4. The quantitative estimate of drug-likeness (QED) is 0.685. The van der Waals surface area contributed by atoms with Gasteiger partial charge in [-0.2, -0.15) is 0 Å². The molecule has 0 fully saturated rings. The van der Waals surface area contributed by atoms with Gasteiger partial charge in [-0.1, -0.05) is 20.8 Å². The van der Waals surface area contributed by atoms with Crippen LogP contribution in [0.2, 0.25) is 13.1 Å². The second kappa shape index (κ2) is 9.64. The normalized spacial score (nSPS) is 14.0. The fourth-order valence-electron chi connectivity index (χ4n) is 2.16. The lowest BCUT2D eigenvalue weighted by atomic mass is 9.79. The molecule has 0 saturated heterocycles. The van der Waals surface area contributed by atoms with Crippen molar-refractivity contribution in [2.24, 2.45) is 17.1 Å². The number of carbonyl (C=O) groups excluding carboxylic acids is 1. The van der Waals surface area contributed by atoms with E-state index in [4.69, 9.17) is 14.9 Å². The van der Waals surface area contributed by atoms with Gasteiger partial charge in [-0.05, 0) is 51.6 Å². The Morgan fingerprint density at radius 3 is 2.09 bits per heavy atom. The lowest BCUT2D eigenvalue weighted by molar-refractivity contribution is 0.0220. The predicted octanol–water partition coefficient (Wildman–Crippen LogP) is 3.23. The van der Waals surface area contributed by atoms with E-state index in [9.17, 15) is 4.79 Å². The molecule has 5 nitrogen and oxygen atoms in total. The van der Waals surface area contributed by atoms with Crippen LogP contribution in [-0.2, 0) is 9.16 Å². The van der Waals surface area contributed by atoms with Gasteiger partial charge >= 0.3 is 6.09 Å². The molecule has 2 N–H and O–H groups in total. The summed E-state index contributed by atoms with van der Waals surface area (Å²) in [5, 5.41) is 0. The van der Waals surface area contributed by atoms with Crippen molar-refractivity contribution in [2.75, 3.05) is 26.2 Å². The fourth-order valence-corrected chi connectivity index (χ4v) is 2.78. The second-order valence-corrected chi connectivity index (χ2v) is 10.9. The van der Waals surface area contributed by atoms with Gasteiger partial charge in [0, 0.05) is 26.2 Å². The van der Waals surface area contributed by atoms with Gasteiger partial charge in [0.15, 0.2) is 9.04 Å². The van der Waals surface area contributed by atoms with Gasteiger partial charge in [0.25, 0.3) is 0 Å². The summed E-state index contributed by atoms with van der Waals surface area (Å²) in [6.45, 7) is 19.1. The molecule has 0 aliphatic heterocycles. The van der Waals surface area contributed by atoms with Crippen molar-refractivity contribution in [3.63, 3.8) is 0 Å². The SMILES string of the molecule is C[SiH](C)OC[C@@H](CCN(CCN)C(=O)OC(C)(C)C)C(C)(C)C. The maximum Gasteiger partial charge on any atom is 0.410 e. The largest absolute Gasteiger partial charge is 0.444 e. The van der Waals surface area contributed by atoms with Crippen molar-refractivity contribution in [3.05, 3.63) is 0 Å². The molecule has 0 aromatic carbocycles. The Hall–Kier alpha value is -0.593. The molecular formula is C17H38N2O3Si. The van der Waals surface area contributed by atoms with Crippen LogP contribution in [0.1, 0.15) is 48.0 Å². The number of rotatable bonds is 8. The van der Waals surface area contributed by atoms with E-state index in [1.807, 2.05) is 20.8 Å². The van der Waals surface area contributed by atoms with Gasteiger partial charge in [0.05, 0.1) is 0 Å². The number of ether oxygens (including phenoxy) is 1. The minimum Gasteiger partial charge on any atom is -0.444 e. The molecule has 0 bridgehead atoms. The Labute approximate surface area is 144 Å². The molecule has 0 aromatic rings. The number of amides is 1. The molecule has 0 aromatic heterocycles. The molecule has 138 valence electrons. The average Bonchev–Trinajstić information content (AvgIpc) is 2.33. The summed E-state index contributed by atoms with van der Waals surface area (Å²) in [5.41, 5.74) is 5.31. The summed E-state index contributed by atoms with van der Waals surface area (Å²) < 4.78 is 11.4. The Kier molecular flexibility index (Phi) is 9.39. The smallest absolute Gasteiger partial charge is 0.410 e. The molecule has 1 amide bonds. The summed E-state index contributed by atoms with van der Waals surface area (Å²) in [7, 11) is -1.04. The minimum absolute atomic E-state index is 0.144. The average molecular weight is 347 g/mol. The number of nitrogens with zero attached hydrogens (tertiary/aromatic N) is 1. The molecule has 0 heterocycles. The lowest BCUT2D eigenvalue weighted by Crippen LogP contribution is -2.41. The summed E-state index contributed by atoms with van der Waals surface area (Å²) in [5.74, 6) is 0.403. The molecule has 0 spiro atoms. The van der Waals surface area contributed by atoms with Crippen LogP contribution < -0.4 is 5.73 Å². The maximum absolute atomic E-state index is 12.3. The highest BCUT2D eigenvalue weighted by Gasteiger charge is 2.28. The first-order valence-electron chi connectivity index (χ1n) is 8.66. The highest BCUT2D eigenvalue weighted by Crippen LogP contribution is 2.29. The second-order valence-electron chi connectivity index (χ2n) is 8.49. The summed E-state index contributed by atoms with van der Waals surface area (Å²) in [6, 6.07) is 0. The number of carbonyl (C=O) groups is 1. The molecule has 0 unspecified atom stereocenters. The molecule has 0 saturated carbocycles. The van der Waals surface area contributed by atoms with E-state index < -0.39 is 14.6 Å². The van der Waals surface area contributed by atoms with E-state index in [1.54, 1.807) is 4.90 Å². The van der Waals surface area contributed by atoms with Crippen LogP contribution in [0.15, 0.2) is 0 Å². The minimum atomic E-state index is -1.04. The standard InChI is InChI=1S/C17H38N2O3Si/c1-16(2,3)14(13-21-23(7)8)9-11-19(12-10-18)15(20)22-17(4,5)6/h14,23H,9-13,18H2,1-8H3/t14-/m1/s1. The van der Waals surface area contributed by atoms with Gasteiger partial charge in [0.1, 0.15) is 5.60 Å². The van der Waals surface area contributed by atoms with E-state index >= 15 is 0 Å². The van der Waals surface area contributed by atoms with Crippen molar-refractivity contribution in [3.8, 4) is 0 Å².